The second kappa shape index (κ2) is 4.09. The molecule has 3 aromatic rings. The van der Waals surface area contributed by atoms with Crippen LogP contribution in [0.15, 0.2) is 42.9 Å². The molecule has 3 heterocycles. The Balaban J connectivity index is 1.76. The maximum absolute atomic E-state index is 4.31. The predicted octanol–water partition coefficient (Wildman–Crippen LogP) is 1.79. The van der Waals surface area contributed by atoms with E-state index in [0.717, 1.165) is 11.3 Å². The van der Waals surface area contributed by atoms with Crippen LogP contribution < -0.4 is 10.9 Å². The van der Waals surface area contributed by atoms with Crippen LogP contribution in [0.4, 0.5) is 11.6 Å². The van der Waals surface area contributed by atoms with Gasteiger partial charge in [0.2, 0.25) is 0 Å². The van der Waals surface area contributed by atoms with Crippen molar-refractivity contribution in [2.75, 3.05) is 10.9 Å². The van der Waals surface area contributed by atoms with Gasteiger partial charge in [-0.25, -0.2) is 15.0 Å². The van der Waals surface area contributed by atoms with Gasteiger partial charge in [0.1, 0.15) is 11.6 Å². The minimum atomic E-state index is 0.679. The fourth-order valence-electron chi connectivity index (χ4n) is 1.46. The molecule has 0 bridgehead atoms. The fraction of sp³-hybridized carbons (Fsp3) is 0. The summed E-state index contributed by atoms with van der Waals surface area (Å²) in [5.74, 6) is 1.42. The first-order valence-corrected chi connectivity index (χ1v) is 5.15. The molecule has 3 N–H and O–H groups in total. The molecule has 0 radical (unpaired) electrons. The van der Waals surface area contributed by atoms with E-state index in [0.29, 0.717) is 11.5 Å². The second-order valence-electron chi connectivity index (χ2n) is 3.44. The number of hydrazine groups is 1. The summed E-state index contributed by atoms with van der Waals surface area (Å²) in [4.78, 5) is 15.5. The van der Waals surface area contributed by atoms with Crippen molar-refractivity contribution in [2.24, 2.45) is 0 Å². The molecule has 0 atom stereocenters. The molecule has 0 aromatic carbocycles. The average molecular weight is 226 g/mol. The van der Waals surface area contributed by atoms with Gasteiger partial charge in [-0.05, 0) is 24.3 Å². The Bertz CT molecular complexity index is 618. The molecule has 0 aliphatic rings. The Kier molecular flexibility index (Phi) is 2.31. The second-order valence-corrected chi connectivity index (χ2v) is 3.44. The molecule has 0 aliphatic carbocycles. The van der Waals surface area contributed by atoms with Gasteiger partial charge in [-0.15, -0.1) is 0 Å². The zero-order chi connectivity index (χ0) is 11.5. The van der Waals surface area contributed by atoms with E-state index in [1.54, 1.807) is 12.5 Å². The number of aromatic nitrogens is 4. The van der Waals surface area contributed by atoms with E-state index in [2.05, 4.69) is 30.8 Å². The molecule has 84 valence electrons. The molecule has 0 amide bonds. The monoisotopic (exact) mass is 226 g/mol. The van der Waals surface area contributed by atoms with Crippen molar-refractivity contribution in [1.82, 2.24) is 19.9 Å². The average Bonchev–Trinajstić information content (AvgIpc) is 2.85. The smallest absolute Gasteiger partial charge is 0.179 e. The Morgan fingerprint density at radius 3 is 2.76 bits per heavy atom. The highest BCUT2D eigenvalue weighted by atomic mass is 15.4. The lowest BCUT2D eigenvalue weighted by atomic mass is 10.4. The van der Waals surface area contributed by atoms with Crippen LogP contribution in [0, 0.1) is 0 Å². The molecule has 17 heavy (non-hydrogen) atoms. The van der Waals surface area contributed by atoms with Crippen molar-refractivity contribution < 1.29 is 0 Å². The lowest BCUT2D eigenvalue weighted by Crippen LogP contribution is -2.10. The number of rotatable bonds is 3. The molecular formula is C11H10N6. The van der Waals surface area contributed by atoms with E-state index in [1.165, 1.54) is 0 Å². The van der Waals surface area contributed by atoms with Crippen molar-refractivity contribution in [1.29, 1.82) is 0 Å². The van der Waals surface area contributed by atoms with Gasteiger partial charge >= 0.3 is 0 Å². The Morgan fingerprint density at radius 2 is 1.88 bits per heavy atom. The maximum Gasteiger partial charge on any atom is 0.179 e. The highest BCUT2D eigenvalue weighted by Gasteiger charge is 1.99. The van der Waals surface area contributed by atoms with Crippen LogP contribution in [0.25, 0.3) is 11.2 Å². The van der Waals surface area contributed by atoms with E-state index < -0.39 is 0 Å². The summed E-state index contributed by atoms with van der Waals surface area (Å²) in [6.07, 6.45) is 3.34. The summed E-state index contributed by atoms with van der Waals surface area (Å²) in [7, 11) is 0. The van der Waals surface area contributed by atoms with Gasteiger partial charge in [-0.1, -0.05) is 6.07 Å². The van der Waals surface area contributed by atoms with E-state index in [1.807, 2.05) is 30.3 Å². The van der Waals surface area contributed by atoms with Crippen molar-refractivity contribution in [3.63, 3.8) is 0 Å². The molecule has 3 aromatic heterocycles. The molecule has 3 rings (SSSR count). The van der Waals surface area contributed by atoms with Crippen LogP contribution in [0.3, 0.4) is 0 Å². The first-order valence-electron chi connectivity index (χ1n) is 5.15. The lowest BCUT2D eigenvalue weighted by Gasteiger charge is -2.07. The molecule has 0 unspecified atom stereocenters. The van der Waals surface area contributed by atoms with Crippen LogP contribution in [-0.4, -0.2) is 19.9 Å². The van der Waals surface area contributed by atoms with Crippen LogP contribution in [0.1, 0.15) is 0 Å². The minimum absolute atomic E-state index is 0.679. The van der Waals surface area contributed by atoms with Crippen LogP contribution in [-0.2, 0) is 0 Å². The number of imidazole rings is 1. The topological polar surface area (TPSA) is 78.5 Å². The highest BCUT2D eigenvalue weighted by Crippen LogP contribution is 2.10. The standard InChI is InChI=1S/C11H10N6/c1-2-6-12-9(3-1)16-17-10-5-4-8-11(15-10)14-7-13-8/h1-7H,(H,12,16)(H2,13,14,15,17). The third-order valence-electron chi connectivity index (χ3n) is 2.27. The SMILES string of the molecule is c1ccc(NNc2ccc3[nH]cnc3n2)nc1. The molecule has 0 fully saturated rings. The third-order valence-corrected chi connectivity index (χ3v) is 2.27. The predicted molar refractivity (Wildman–Crippen MR) is 65.4 cm³/mol. The van der Waals surface area contributed by atoms with Gasteiger partial charge in [0, 0.05) is 6.20 Å². The number of hydrogen-bond acceptors (Lipinski definition) is 5. The van der Waals surface area contributed by atoms with E-state index >= 15 is 0 Å². The van der Waals surface area contributed by atoms with Gasteiger partial charge in [0.25, 0.3) is 0 Å². The fourth-order valence-corrected chi connectivity index (χ4v) is 1.46. The molecule has 6 heteroatoms. The maximum atomic E-state index is 4.31. The molecule has 0 spiro atoms. The molecule has 0 saturated heterocycles. The number of anilines is 2. The summed E-state index contributed by atoms with van der Waals surface area (Å²) < 4.78 is 0. The summed E-state index contributed by atoms with van der Waals surface area (Å²) >= 11 is 0. The summed E-state index contributed by atoms with van der Waals surface area (Å²) in [5, 5.41) is 0. The molecule has 0 saturated carbocycles. The van der Waals surface area contributed by atoms with Crippen molar-refractivity contribution in [3.8, 4) is 0 Å². The van der Waals surface area contributed by atoms with Crippen LogP contribution >= 0.6 is 0 Å². The van der Waals surface area contributed by atoms with Crippen LogP contribution in [0.5, 0.6) is 0 Å². The normalized spacial score (nSPS) is 10.4. The molecular weight excluding hydrogens is 216 g/mol. The van der Waals surface area contributed by atoms with Crippen LogP contribution in [0.2, 0.25) is 0 Å². The Hall–Kier alpha value is -2.63. The summed E-state index contributed by atoms with van der Waals surface area (Å²) in [6.45, 7) is 0. The number of hydrogen-bond donors (Lipinski definition) is 3. The number of nitrogens with one attached hydrogen (secondary N) is 3. The van der Waals surface area contributed by atoms with Gasteiger partial charge in [0.05, 0.1) is 11.8 Å². The van der Waals surface area contributed by atoms with Gasteiger partial charge < -0.3 is 4.98 Å². The van der Waals surface area contributed by atoms with Gasteiger partial charge in [-0.2, -0.15) is 0 Å². The summed E-state index contributed by atoms with van der Waals surface area (Å²) in [6, 6.07) is 9.40. The van der Waals surface area contributed by atoms with E-state index in [4.69, 9.17) is 0 Å². The quantitative estimate of drug-likeness (QED) is 0.593. The first-order chi connectivity index (χ1) is 8.42. The number of pyridine rings is 2. The molecule has 6 nitrogen and oxygen atoms in total. The van der Waals surface area contributed by atoms with Crippen molar-refractivity contribution in [3.05, 3.63) is 42.9 Å². The minimum Gasteiger partial charge on any atom is -0.343 e. The van der Waals surface area contributed by atoms with E-state index in [-0.39, 0.29) is 0 Å². The van der Waals surface area contributed by atoms with E-state index in [9.17, 15) is 0 Å². The largest absolute Gasteiger partial charge is 0.343 e. The van der Waals surface area contributed by atoms with Gasteiger partial charge in [0.15, 0.2) is 5.65 Å². The number of fused-ring (bicyclic) bond motifs is 1. The summed E-state index contributed by atoms with van der Waals surface area (Å²) in [5.41, 5.74) is 7.51. The third kappa shape index (κ3) is 2.00. The van der Waals surface area contributed by atoms with Crippen molar-refractivity contribution in [2.45, 2.75) is 0 Å². The zero-order valence-electron chi connectivity index (χ0n) is 8.88. The van der Waals surface area contributed by atoms with Gasteiger partial charge in [-0.3, -0.25) is 10.9 Å². The lowest BCUT2D eigenvalue weighted by molar-refractivity contribution is 1.23. The molecule has 0 aliphatic heterocycles. The number of nitrogens with zero attached hydrogens (tertiary/aromatic N) is 3. The zero-order valence-corrected chi connectivity index (χ0v) is 8.88. The Morgan fingerprint density at radius 1 is 0.941 bits per heavy atom. The number of H-pyrrole nitrogens is 1. The number of aromatic amines is 1. The highest BCUT2D eigenvalue weighted by molar-refractivity contribution is 5.72. The first kappa shape index (κ1) is 9.59. The van der Waals surface area contributed by atoms with Crippen molar-refractivity contribution >= 4 is 22.8 Å². The Labute approximate surface area is 97.1 Å².